The molecule has 5 nitrogen and oxygen atoms in total. The fourth-order valence-corrected chi connectivity index (χ4v) is 2.79. The van der Waals surface area contributed by atoms with E-state index in [9.17, 15) is 0 Å². The van der Waals surface area contributed by atoms with Gasteiger partial charge in [-0.2, -0.15) is 0 Å². The second-order valence-corrected chi connectivity index (χ2v) is 5.84. The number of benzene rings is 1. The van der Waals surface area contributed by atoms with E-state index < -0.39 is 0 Å². The molecular formula is C16H27BrIN3O2. The van der Waals surface area contributed by atoms with Crippen molar-refractivity contribution in [1.82, 2.24) is 10.2 Å². The maximum absolute atomic E-state index is 5.37. The summed E-state index contributed by atoms with van der Waals surface area (Å²) in [6.45, 7) is 3.85. The number of hydrogen-bond acceptors (Lipinski definition) is 3. The van der Waals surface area contributed by atoms with Crippen LogP contribution in [0.2, 0.25) is 0 Å². The Morgan fingerprint density at radius 3 is 2.52 bits per heavy atom. The third-order valence-corrected chi connectivity index (χ3v) is 3.95. The van der Waals surface area contributed by atoms with Crippen molar-refractivity contribution in [3.05, 3.63) is 22.2 Å². The van der Waals surface area contributed by atoms with E-state index in [1.807, 2.05) is 12.1 Å². The Bertz CT molecular complexity index is 512. The molecule has 23 heavy (non-hydrogen) atoms. The number of hydrogen-bond donors (Lipinski definition) is 1. The Morgan fingerprint density at radius 2 is 2.00 bits per heavy atom. The van der Waals surface area contributed by atoms with Crippen LogP contribution in [0.4, 0.5) is 0 Å². The van der Waals surface area contributed by atoms with Gasteiger partial charge >= 0.3 is 0 Å². The first-order valence-electron chi connectivity index (χ1n) is 7.39. The van der Waals surface area contributed by atoms with E-state index in [-0.39, 0.29) is 24.0 Å². The van der Waals surface area contributed by atoms with Crippen molar-refractivity contribution in [2.24, 2.45) is 4.99 Å². The first-order chi connectivity index (χ1) is 10.6. The molecule has 0 atom stereocenters. The minimum absolute atomic E-state index is 0. The second-order valence-electron chi connectivity index (χ2n) is 4.99. The van der Waals surface area contributed by atoms with Crippen molar-refractivity contribution in [3.63, 3.8) is 0 Å². The number of guanidine groups is 1. The van der Waals surface area contributed by atoms with Crippen LogP contribution in [0.25, 0.3) is 0 Å². The molecule has 1 aromatic rings. The van der Waals surface area contributed by atoms with Crippen LogP contribution in [0.3, 0.4) is 0 Å². The summed E-state index contributed by atoms with van der Waals surface area (Å²) in [4.78, 5) is 6.46. The molecule has 132 valence electrons. The fourth-order valence-electron chi connectivity index (χ4n) is 2.14. The number of rotatable bonds is 7. The van der Waals surface area contributed by atoms with Gasteiger partial charge in [-0.3, -0.25) is 4.99 Å². The van der Waals surface area contributed by atoms with Crippen LogP contribution < -0.4 is 14.8 Å². The van der Waals surface area contributed by atoms with Gasteiger partial charge in [-0.25, -0.2) is 0 Å². The zero-order valence-electron chi connectivity index (χ0n) is 14.5. The fraction of sp³-hybridized carbons (Fsp3) is 0.562. The highest BCUT2D eigenvalue weighted by atomic mass is 127. The van der Waals surface area contributed by atoms with Crippen molar-refractivity contribution in [2.75, 3.05) is 34.9 Å². The summed E-state index contributed by atoms with van der Waals surface area (Å²) < 4.78 is 11.6. The Morgan fingerprint density at radius 1 is 1.30 bits per heavy atom. The Balaban J connectivity index is 0.00000484. The highest BCUT2D eigenvalue weighted by Gasteiger charge is 2.11. The van der Waals surface area contributed by atoms with Crippen LogP contribution in [0.1, 0.15) is 25.3 Å². The lowest BCUT2D eigenvalue weighted by atomic mass is 10.2. The standard InChI is InChI=1S/C16H26BrN3O2.HI/c1-6-7-8-20(3)16(18-2)19-11-12-9-13(17)15(22-5)14(10-12)21-4;/h9-10H,6-8,11H2,1-5H3,(H,18,19);1H. The highest BCUT2D eigenvalue weighted by Crippen LogP contribution is 2.36. The van der Waals surface area contributed by atoms with E-state index in [2.05, 4.69) is 45.1 Å². The Labute approximate surface area is 165 Å². The number of nitrogens with zero attached hydrogens (tertiary/aromatic N) is 2. The smallest absolute Gasteiger partial charge is 0.193 e. The molecule has 0 saturated carbocycles. The summed E-state index contributed by atoms with van der Waals surface area (Å²) in [5.74, 6) is 2.30. The van der Waals surface area contributed by atoms with Crippen LogP contribution >= 0.6 is 39.9 Å². The van der Waals surface area contributed by atoms with Crippen molar-refractivity contribution in [3.8, 4) is 11.5 Å². The minimum atomic E-state index is 0. The van der Waals surface area contributed by atoms with Crippen molar-refractivity contribution >= 4 is 45.9 Å². The summed E-state index contributed by atoms with van der Waals surface area (Å²) in [5, 5.41) is 3.37. The SMILES string of the molecule is CCCCN(C)C(=NC)NCc1cc(Br)c(OC)c(OC)c1.I. The molecule has 0 heterocycles. The van der Waals surface area contributed by atoms with E-state index in [1.54, 1.807) is 21.3 Å². The normalized spacial score (nSPS) is 10.8. The number of ether oxygens (including phenoxy) is 2. The lowest BCUT2D eigenvalue weighted by Gasteiger charge is -2.22. The average Bonchev–Trinajstić information content (AvgIpc) is 2.52. The van der Waals surface area contributed by atoms with Gasteiger partial charge in [0, 0.05) is 27.2 Å². The molecule has 0 aliphatic heterocycles. The van der Waals surface area contributed by atoms with Gasteiger partial charge in [-0.15, -0.1) is 24.0 Å². The molecule has 0 aliphatic rings. The summed E-state index contributed by atoms with van der Waals surface area (Å²) in [6.07, 6.45) is 2.32. The quantitative estimate of drug-likeness (QED) is 0.351. The third-order valence-electron chi connectivity index (χ3n) is 3.36. The minimum Gasteiger partial charge on any atom is -0.493 e. The van der Waals surface area contributed by atoms with E-state index >= 15 is 0 Å². The zero-order valence-corrected chi connectivity index (χ0v) is 18.4. The highest BCUT2D eigenvalue weighted by molar-refractivity contribution is 14.0. The largest absolute Gasteiger partial charge is 0.493 e. The number of aliphatic imine (C=N–C) groups is 1. The first kappa shape index (κ1) is 22.3. The van der Waals surface area contributed by atoms with Crippen molar-refractivity contribution in [1.29, 1.82) is 0 Å². The topological polar surface area (TPSA) is 46.1 Å². The lowest BCUT2D eigenvalue weighted by molar-refractivity contribution is 0.352. The maximum Gasteiger partial charge on any atom is 0.193 e. The molecule has 0 aromatic heterocycles. The van der Waals surface area contributed by atoms with E-state index in [0.29, 0.717) is 18.0 Å². The summed E-state index contributed by atoms with van der Waals surface area (Å²) in [7, 11) is 7.12. The number of halogens is 2. The third kappa shape index (κ3) is 6.74. The van der Waals surface area contributed by atoms with Gasteiger partial charge in [0.2, 0.25) is 0 Å². The van der Waals surface area contributed by atoms with Crippen LogP contribution in [-0.4, -0.2) is 45.7 Å². The van der Waals surface area contributed by atoms with Gasteiger partial charge in [0.1, 0.15) is 0 Å². The number of nitrogens with one attached hydrogen (secondary N) is 1. The zero-order chi connectivity index (χ0) is 16.5. The van der Waals surface area contributed by atoms with E-state index in [1.165, 1.54) is 6.42 Å². The van der Waals surface area contributed by atoms with Crippen molar-refractivity contribution < 1.29 is 9.47 Å². The molecule has 0 fully saturated rings. The van der Waals surface area contributed by atoms with Gasteiger partial charge in [-0.1, -0.05) is 13.3 Å². The predicted molar refractivity (Wildman–Crippen MR) is 110 cm³/mol. The van der Waals surface area contributed by atoms with Crippen LogP contribution in [0.15, 0.2) is 21.6 Å². The first-order valence-corrected chi connectivity index (χ1v) is 8.18. The molecule has 1 N–H and O–H groups in total. The van der Waals surface area contributed by atoms with Crippen LogP contribution in [-0.2, 0) is 6.54 Å². The number of unbranched alkanes of at least 4 members (excludes halogenated alkanes) is 1. The molecule has 1 aromatic carbocycles. The average molecular weight is 500 g/mol. The van der Waals surface area contributed by atoms with Crippen LogP contribution in [0.5, 0.6) is 11.5 Å². The maximum atomic E-state index is 5.37. The van der Waals surface area contributed by atoms with Crippen molar-refractivity contribution in [2.45, 2.75) is 26.3 Å². The molecule has 0 amide bonds. The monoisotopic (exact) mass is 499 g/mol. The molecular weight excluding hydrogens is 473 g/mol. The van der Waals surface area contributed by atoms with Gasteiger partial charge in [0.05, 0.1) is 18.7 Å². The molecule has 0 saturated heterocycles. The Hall–Kier alpha value is -0.700. The summed E-state index contributed by atoms with van der Waals surface area (Å²) in [5.41, 5.74) is 1.09. The number of methoxy groups -OCH3 is 2. The van der Waals surface area contributed by atoms with Gasteiger partial charge < -0.3 is 19.7 Å². The lowest BCUT2D eigenvalue weighted by Crippen LogP contribution is -2.38. The molecule has 7 heteroatoms. The second kappa shape index (κ2) is 11.8. The van der Waals surface area contributed by atoms with Gasteiger partial charge in [-0.05, 0) is 40.0 Å². The molecule has 0 bridgehead atoms. The molecule has 1 rings (SSSR count). The summed E-state index contributed by atoms with van der Waals surface area (Å²) >= 11 is 3.51. The van der Waals surface area contributed by atoms with Crippen LogP contribution in [0, 0.1) is 0 Å². The molecule has 0 aliphatic carbocycles. The van der Waals surface area contributed by atoms with Gasteiger partial charge in [0.25, 0.3) is 0 Å². The van der Waals surface area contributed by atoms with Gasteiger partial charge in [0.15, 0.2) is 17.5 Å². The Kier molecular flexibility index (Phi) is 11.4. The van der Waals surface area contributed by atoms with E-state index in [0.717, 1.165) is 29.0 Å². The molecule has 0 radical (unpaired) electrons. The summed E-state index contributed by atoms with van der Waals surface area (Å²) in [6, 6.07) is 3.99. The molecule has 0 unspecified atom stereocenters. The van der Waals surface area contributed by atoms with E-state index in [4.69, 9.17) is 9.47 Å². The predicted octanol–water partition coefficient (Wildman–Crippen LogP) is 3.89. The molecule has 0 spiro atoms.